The smallest absolute Gasteiger partial charge is 0.369 e. The Bertz CT molecular complexity index is 1470. The molecule has 2 heterocycles. The zero-order chi connectivity index (χ0) is 28.9. The summed E-state index contributed by atoms with van der Waals surface area (Å²) in [5, 5.41) is 0. The summed E-state index contributed by atoms with van der Waals surface area (Å²) >= 11 is 0. The van der Waals surface area contributed by atoms with Crippen molar-refractivity contribution < 1.29 is 22.8 Å². The summed E-state index contributed by atoms with van der Waals surface area (Å²) in [7, 11) is 2.00. The van der Waals surface area contributed by atoms with Crippen molar-refractivity contribution >= 4 is 11.7 Å². The number of halogens is 3. The molecule has 0 atom stereocenters. The summed E-state index contributed by atoms with van der Waals surface area (Å²) in [4.78, 5) is 32.5. The molecule has 1 amide bonds. The highest BCUT2D eigenvalue weighted by Gasteiger charge is 2.34. The number of aromatic nitrogens is 1. The van der Waals surface area contributed by atoms with E-state index in [0.717, 1.165) is 24.7 Å². The number of primary amides is 1. The molecule has 0 spiro atoms. The van der Waals surface area contributed by atoms with Crippen LogP contribution < -0.4 is 5.73 Å². The molecule has 6 nitrogen and oxygen atoms in total. The number of ketones is 1. The van der Waals surface area contributed by atoms with Crippen molar-refractivity contribution in [1.29, 1.82) is 0 Å². The summed E-state index contributed by atoms with van der Waals surface area (Å²) in [6.07, 6.45) is -1.51. The van der Waals surface area contributed by atoms with E-state index in [1.165, 1.54) is 6.07 Å². The average molecular weight is 549 g/mol. The van der Waals surface area contributed by atoms with Gasteiger partial charge in [-0.25, -0.2) is 0 Å². The summed E-state index contributed by atoms with van der Waals surface area (Å²) in [5.74, 6) is 5.25. The average Bonchev–Trinajstić information content (AvgIpc) is 2.89. The maximum atomic E-state index is 14.0. The van der Waals surface area contributed by atoms with Crippen LogP contribution in [0.3, 0.4) is 0 Å². The molecule has 1 aromatic heterocycles. The number of hydrogen-bond acceptors (Lipinski definition) is 5. The van der Waals surface area contributed by atoms with Crippen LogP contribution in [0.5, 0.6) is 0 Å². The highest BCUT2D eigenvalue weighted by Crippen LogP contribution is 2.34. The van der Waals surface area contributed by atoms with Gasteiger partial charge in [0.25, 0.3) is 0 Å². The molecule has 1 fully saturated rings. The van der Waals surface area contributed by atoms with E-state index < -0.39 is 17.6 Å². The number of alkyl halides is 3. The Balaban J connectivity index is 1.52. The number of piperazine rings is 1. The molecular weight excluding hydrogens is 517 g/mol. The largest absolute Gasteiger partial charge is 0.416 e. The first kappa shape index (κ1) is 29.0. The molecule has 0 aliphatic carbocycles. The fourth-order valence-electron chi connectivity index (χ4n) is 4.59. The number of Topliss-reactive ketones (excluding diaryl/α,β-unsaturated/α-hetero) is 1. The number of amides is 1. The molecule has 9 heteroatoms. The van der Waals surface area contributed by atoms with Crippen LogP contribution in [0.1, 0.15) is 49.3 Å². The molecule has 3 aromatic rings. The third-order valence-corrected chi connectivity index (χ3v) is 6.91. The molecule has 2 N–H and O–H groups in total. The van der Waals surface area contributed by atoms with Crippen LogP contribution in [-0.2, 0) is 30.4 Å². The highest BCUT2D eigenvalue weighted by molar-refractivity contribution is 5.98. The molecular formula is C31H31F3N4O2. The Labute approximate surface area is 232 Å². The SMILES string of the molecule is Cc1ccc(C(=O)Cc2ccc(CN3CCN(C)CC3)c(C(F)(F)F)c2)cc1C#Cc1cncc(CC(N)=O)c1. The number of rotatable bonds is 7. The van der Waals surface area contributed by atoms with Crippen molar-refractivity contribution in [3.8, 4) is 11.8 Å². The van der Waals surface area contributed by atoms with Crippen LogP contribution in [0.4, 0.5) is 13.2 Å². The second kappa shape index (κ2) is 12.5. The van der Waals surface area contributed by atoms with Gasteiger partial charge in [-0.15, -0.1) is 0 Å². The molecule has 4 rings (SSSR count). The zero-order valence-electron chi connectivity index (χ0n) is 22.5. The molecule has 0 bridgehead atoms. The highest BCUT2D eigenvalue weighted by atomic mass is 19.4. The standard InChI is InChI=1S/C31H31F3N4O2/c1-21-3-6-26(17-25(21)7-5-23-13-24(16-30(35)40)19-36-18-23)29(39)15-22-4-8-27(28(14-22)31(32,33)34)20-38-11-9-37(2)10-12-38/h3-4,6,8,13-14,17-19H,9-12,15-16,20H2,1-2H3,(H2,35,40). The summed E-state index contributed by atoms with van der Waals surface area (Å²) < 4.78 is 41.9. The maximum Gasteiger partial charge on any atom is 0.416 e. The van der Waals surface area contributed by atoms with Crippen molar-refractivity contribution in [3.05, 3.63) is 99.4 Å². The topological polar surface area (TPSA) is 79.5 Å². The fraction of sp³-hybridized carbons (Fsp3) is 0.323. The minimum absolute atomic E-state index is 0.0540. The number of hydrogen-bond donors (Lipinski definition) is 1. The van der Waals surface area contributed by atoms with Crippen molar-refractivity contribution in [2.24, 2.45) is 5.73 Å². The maximum absolute atomic E-state index is 14.0. The monoisotopic (exact) mass is 548 g/mol. The first-order valence-corrected chi connectivity index (χ1v) is 13.0. The second-order valence-electron chi connectivity index (χ2n) is 10.2. The summed E-state index contributed by atoms with van der Waals surface area (Å²) in [6.45, 7) is 5.13. The Morgan fingerprint density at radius 1 is 0.950 bits per heavy atom. The molecule has 2 aromatic carbocycles. The van der Waals surface area contributed by atoms with Crippen molar-refractivity contribution in [1.82, 2.24) is 14.8 Å². The number of nitrogens with zero attached hydrogens (tertiary/aromatic N) is 3. The Hall–Kier alpha value is -4.00. The molecule has 40 heavy (non-hydrogen) atoms. The van der Waals surface area contributed by atoms with E-state index in [2.05, 4.69) is 21.7 Å². The van der Waals surface area contributed by atoms with Gasteiger partial charge in [0, 0.05) is 68.2 Å². The third kappa shape index (κ3) is 7.78. The van der Waals surface area contributed by atoms with Crippen LogP contribution in [0.15, 0.2) is 54.9 Å². The number of nitrogens with two attached hydrogens (primary N) is 1. The van der Waals surface area contributed by atoms with Crippen LogP contribution in [-0.4, -0.2) is 59.7 Å². The number of benzene rings is 2. The summed E-state index contributed by atoms with van der Waals surface area (Å²) in [5.41, 5.74) is 8.14. The predicted octanol–water partition coefficient (Wildman–Crippen LogP) is 4.01. The molecule has 0 radical (unpaired) electrons. The van der Waals surface area contributed by atoms with Gasteiger partial charge in [0.15, 0.2) is 5.78 Å². The van der Waals surface area contributed by atoms with E-state index in [1.54, 1.807) is 42.7 Å². The molecule has 1 saturated heterocycles. The molecule has 1 aliphatic heterocycles. The molecule has 0 unspecified atom stereocenters. The van der Waals surface area contributed by atoms with E-state index in [4.69, 9.17) is 5.73 Å². The first-order chi connectivity index (χ1) is 19.0. The van der Waals surface area contributed by atoms with Crippen LogP contribution >= 0.6 is 0 Å². The van der Waals surface area contributed by atoms with Crippen molar-refractivity contribution in [2.75, 3.05) is 33.2 Å². The molecule has 1 aliphatic rings. The van der Waals surface area contributed by atoms with Crippen LogP contribution in [0.25, 0.3) is 0 Å². The second-order valence-corrected chi connectivity index (χ2v) is 10.2. The van der Waals surface area contributed by atoms with Gasteiger partial charge in [-0.05, 0) is 54.4 Å². The van der Waals surface area contributed by atoms with E-state index in [0.29, 0.717) is 40.9 Å². The van der Waals surface area contributed by atoms with Crippen molar-refractivity contribution in [2.45, 2.75) is 32.5 Å². The predicted molar refractivity (Wildman–Crippen MR) is 147 cm³/mol. The molecule has 208 valence electrons. The minimum Gasteiger partial charge on any atom is -0.369 e. The Morgan fingerprint density at radius 2 is 1.70 bits per heavy atom. The normalized spacial score (nSPS) is 14.4. The van der Waals surface area contributed by atoms with E-state index in [-0.39, 0.29) is 30.7 Å². The van der Waals surface area contributed by atoms with Gasteiger partial charge in [0.05, 0.1) is 12.0 Å². The van der Waals surface area contributed by atoms with Gasteiger partial charge in [-0.2, -0.15) is 13.2 Å². The van der Waals surface area contributed by atoms with Gasteiger partial charge in [0.1, 0.15) is 0 Å². The minimum atomic E-state index is -4.52. The van der Waals surface area contributed by atoms with Gasteiger partial charge in [-0.3, -0.25) is 19.5 Å². The number of aryl methyl sites for hydroxylation is 1. The van der Waals surface area contributed by atoms with E-state index in [9.17, 15) is 22.8 Å². The quantitative estimate of drug-likeness (QED) is 0.357. The van der Waals surface area contributed by atoms with E-state index >= 15 is 0 Å². The van der Waals surface area contributed by atoms with Crippen LogP contribution in [0, 0.1) is 18.8 Å². The van der Waals surface area contributed by atoms with Gasteiger partial charge < -0.3 is 10.6 Å². The van der Waals surface area contributed by atoms with Crippen LogP contribution in [0.2, 0.25) is 0 Å². The lowest BCUT2D eigenvalue weighted by molar-refractivity contribution is -0.138. The molecule has 0 saturated carbocycles. The van der Waals surface area contributed by atoms with Gasteiger partial charge >= 0.3 is 6.18 Å². The van der Waals surface area contributed by atoms with Gasteiger partial charge in [0.2, 0.25) is 5.91 Å². The van der Waals surface area contributed by atoms with E-state index in [1.807, 2.05) is 18.9 Å². The first-order valence-electron chi connectivity index (χ1n) is 13.0. The third-order valence-electron chi connectivity index (χ3n) is 6.91. The number of carbonyl (C=O) groups excluding carboxylic acids is 2. The van der Waals surface area contributed by atoms with Gasteiger partial charge in [-0.1, -0.05) is 36.1 Å². The zero-order valence-corrected chi connectivity index (χ0v) is 22.5. The summed E-state index contributed by atoms with van der Waals surface area (Å²) in [6, 6.07) is 11.0. The number of pyridine rings is 1. The Kier molecular flexibility index (Phi) is 9.03. The lowest BCUT2D eigenvalue weighted by Gasteiger charge is -2.33. The fourth-order valence-corrected chi connectivity index (χ4v) is 4.59. The lowest BCUT2D eigenvalue weighted by Crippen LogP contribution is -2.44. The number of likely N-dealkylation sites (N-methyl/N-ethyl adjacent to an activating group) is 1. The number of carbonyl (C=O) groups is 2. The Morgan fingerprint density at radius 3 is 2.40 bits per heavy atom. The lowest BCUT2D eigenvalue weighted by atomic mass is 9.96. The van der Waals surface area contributed by atoms with Crippen molar-refractivity contribution in [3.63, 3.8) is 0 Å².